The Labute approximate surface area is 181 Å². The van der Waals surface area contributed by atoms with Crippen molar-refractivity contribution in [1.29, 1.82) is 10.5 Å². The highest BCUT2D eigenvalue weighted by molar-refractivity contribution is 7.16. The zero-order valence-electron chi connectivity index (χ0n) is 17.8. The summed E-state index contributed by atoms with van der Waals surface area (Å²) in [5.41, 5.74) is 3.86. The standard InChI is InChI=1S/C22H27N5O2S/c1-5-27(9-8-16(3)29-11-10-28)18-6-7-20(15(2)12-18)25-26-22-19(13-23)17(4)21(14-24)30-22/h6-7,12,16,28H,5,8-11H2,1-4H3. The van der Waals surface area contributed by atoms with Gasteiger partial charge < -0.3 is 14.7 Å². The summed E-state index contributed by atoms with van der Waals surface area (Å²) >= 11 is 1.18. The summed E-state index contributed by atoms with van der Waals surface area (Å²) < 4.78 is 5.53. The number of nitriles is 2. The number of nitrogens with zero attached hydrogens (tertiary/aromatic N) is 5. The van der Waals surface area contributed by atoms with Crippen LogP contribution in [0.2, 0.25) is 0 Å². The first-order chi connectivity index (χ1) is 14.4. The fourth-order valence-electron chi connectivity index (χ4n) is 3.00. The van der Waals surface area contributed by atoms with E-state index in [1.54, 1.807) is 6.92 Å². The lowest BCUT2D eigenvalue weighted by molar-refractivity contribution is 0.0358. The topological polar surface area (TPSA) is 105 Å². The van der Waals surface area contributed by atoms with E-state index in [2.05, 4.69) is 40.3 Å². The Morgan fingerprint density at radius 3 is 2.60 bits per heavy atom. The van der Waals surface area contributed by atoms with Crippen molar-refractivity contribution in [3.8, 4) is 12.1 Å². The van der Waals surface area contributed by atoms with Gasteiger partial charge in [-0.3, -0.25) is 0 Å². The van der Waals surface area contributed by atoms with Crippen molar-refractivity contribution < 1.29 is 9.84 Å². The molecule has 0 radical (unpaired) electrons. The van der Waals surface area contributed by atoms with Gasteiger partial charge in [0, 0.05) is 18.8 Å². The van der Waals surface area contributed by atoms with Crippen molar-refractivity contribution in [2.45, 2.75) is 40.2 Å². The van der Waals surface area contributed by atoms with Crippen LogP contribution in [0.15, 0.2) is 28.4 Å². The molecule has 2 rings (SSSR count). The Morgan fingerprint density at radius 2 is 2.00 bits per heavy atom. The first kappa shape index (κ1) is 23.5. The highest BCUT2D eigenvalue weighted by Crippen LogP contribution is 2.36. The number of aliphatic hydroxyl groups excluding tert-OH is 1. The highest BCUT2D eigenvalue weighted by Gasteiger charge is 2.15. The quantitative estimate of drug-likeness (QED) is 0.531. The van der Waals surface area contributed by atoms with Crippen LogP contribution in [0.25, 0.3) is 0 Å². The van der Waals surface area contributed by atoms with Crippen molar-refractivity contribution in [2.75, 3.05) is 31.2 Å². The minimum Gasteiger partial charge on any atom is -0.394 e. The lowest BCUT2D eigenvalue weighted by Crippen LogP contribution is -2.27. The zero-order valence-corrected chi connectivity index (χ0v) is 18.7. The van der Waals surface area contributed by atoms with Gasteiger partial charge in [-0.2, -0.15) is 10.5 Å². The lowest BCUT2D eigenvalue weighted by atomic mass is 10.1. The van der Waals surface area contributed by atoms with Gasteiger partial charge in [0.1, 0.15) is 17.0 Å². The monoisotopic (exact) mass is 425 g/mol. The second-order valence-electron chi connectivity index (χ2n) is 6.90. The highest BCUT2D eigenvalue weighted by atomic mass is 32.1. The second-order valence-corrected chi connectivity index (χ2v) is 7.90. The van der Waals surface area contributed by atoms with E-state index in [1.165, 1.54) is 11.3 Å². The Bertz CT molecular complexity index is 971. The molecular formula is C22H27N5O2S. The Balaban J connectivity index is 2.14. The normalized spacial score (nSPS) is 12.0. The molecular weight excluding hydrogens is 398 g/mol. The molecule has 1 N–H and O–H groups in total. The smallest absolute Gasteiger partial charge is 0.158 e. The van der Waals surface area contributed by atoms with Gasteiger partial charge >= 0.3 is 0 Å². The first-order valence-electron chi connectivity index (χ1n) is 9.88. The molecule has 1 heterocycles. The number of thiophene rings is 1. The number of hydrogen-bond donors (Lipinski definition) is 1. The van der Waals surface area contributed by atoms with Gasteiger partial charge in [-0.25, -0.2) is 0 Å². The van der Waals surface area contributed by atoms with Crippen LogP contribution in [0.3, 0.4) is 0 Å². The van der Waals surface area contributed by atoms with Gasteiger partial charge in [-0.1, -0.05) is 0 Å². The summed E-state index contributed by atoms with van der Waals surface area (Å²) in [6.45, 7) is 9.96. The van der Waals surface area contributed by atoms with E-state index in [9.17, 15) is 5.26 Å². The number of aliphatic hydroxyl groups is 1. The van der Waals surface area contributed by atoms with Gasteiger partial charge in [0.15, 0.2) is 5.00 Å². The largest absolute Gasteiger partial charge is 0.394 e. The van der Waals surface area contributed by atoms with Gasteiger partial charge in [0.2, 0.25) is 0 Å². The van der Waals surface area contributed by atoms with Crippen LogP contribution in [-0.4, -0.2) is 37.5 Å². The fraction of sp³-hybridized carbons (Fsp3) is 0.455. The number of rotatable bonds is 10. The number of hydrogen-bond acceptors (Lipinski definition) is 8. The van der Waals surface area contributed by atoms with E-state index in [1.807, 2.05) is 26.0 Å². The summed E-state index contributed by atoms with van der Waals surface area (Å²) in [4.78, 5) is 2.76. The van der Waals surface area contributed by atoms with Crippen molar-refractivity contribution in [3.63, 3.8) is 0 Å². The maximum absolute atomic E-state index is 9.34. The Kier molecular flexibility index (Phi) is 8.94. The minimum atomic E-state index is 0.0375. The molecule has 1 aromatic carbocycles. The van der Waals surface area contributed by atoms with Crippen LogP contribution >= 0.6 is 11.3 Å². The van der Waals surface area contributed by atoms with E-state index < -0.39 is 0 Å². The molecule has 30 heavy (non-hydrogen) atoms. The lowest BCUT2D eigenvalue weighted by Gasteiger charge is -2.25. The zero-order chi connectivity index (χ0) is 22.1. The van der Waals surface area contributed by atoms with E-state index in [0.29, 0.717) is 27.6 Å². The van der Waals surface area contributed by atoms with E-state index in [-0.39, 0.29) is 12.7 Å². The molecule has 0 bridgehead atoms. The summed E-state index contributed by atoms with van der Waals surface area (Å²) in [7, 11) is 0. The third-order valence-corrected chi connectivity index (χ3v) is 5.90. The number of ether oxygens (including phenoxy) is 1. The molecule has 0 saturated heterocycles. The van der Waals surface area contributed by atoms with Crippen LogP contribution in [0, 0.1) is 36.5 Å². The van der Waals surface area contributed by atoms with Gasteiger partial charge in [-0.15, -0.1) is 21.6 Å². The maximum atomic E-state index is 9.34. The first-order valence-corrected chi connectivity index (χ1v) is 10.7. The van der Waals surface area contributed by atoms with E-state index >= 15 is 0 Å². The van der Waals surface area contributed by atoms with Gasteiger partial charge in [0.25, 0.3) is 0 Å². The average Bonchev–Trinajstić information content (AvgIpc) is 3.06. The van der Waals surface area contributed by atoms with Crippen molar-refractivity contribution in [1.82, 2.24) is 0 Å². The summed E-state index contributed by atoms with van der Waals surface area (Å²) in [6.07, 6.45) is 0.951. The molecule has 0 amide bonds. The van der Waals surface area contributed by atoms with E-state index in [0.717, 1.165) is 36.4 Å². The Hall–Kier alpha value is -2.78. The molecule has 8 heteroatoms. The van der Waals surface area contributed by atoms with Crippen LogP contribution in [-0.2, 0) is 4.74 Å². The second kappa shape index (κ2) is 11.4. The third kappa shape index (κ3) is 5.87. The molecule has 2 aromatic rings. The van der Waals surface area contributed by atoms with Crippen molar-refractivity contribution >= 4 is 27.7 Å². The van der Waals surface area contributed by atoms with Crippen LogP contribution < -0.4 is 4.90 Å². The summed E-state index contributed by atoms with van der Waals surface area (Å²) in [5.74, 6) is 0. The SMILES string of the molecule is CCN(CCC(C)OCCO)c1ccc(N=Nc2sc(C#N)c(C)c2C#N)c(C)c1. The molecule has 0 aliphatic carbocycles. The van der Waals surface area contributed by atoms with Crippen molar-refractivity contribution in [2.24, 2.45) is 10.2 Å². The molecule has 158 valence electrons. The minimum absolute atomic E-state index is 0.0375. The van der Waals surface area contributed by atoms with Crippen molar-refractivity contribution in [3.05, 3.63) is 39.8 Å². The predicted molar refractivity (Wildman–Crippen MR) is 119 cm³/mol. The van der Waals surface area contributed by atoms with Crippen LogP contribution in [0.4, 0.5) is 16.4 Å². The molecule has 0 fully saturated rings. The van der Waals surface area contributed by atoms with Crippen LogP contribution in [0.1, 0.15) is 41.8 Å². The molecule has 0 saturated carbocycles. The molecule has 0 aliphatic rings. The molecule has 0 spiro atoms. The molecule has 1 aromatic heterocycles. The third-order valence-electron chi connectivity index (χ3n) is 4.82. The van der Waals surface area contributed by atoms with Gasteiger partial charge in [-0.05, 0) is 63.4 Å². The molecule has 7 nitrogen and oxygen atoms in total. The van der Waals surface area contributed by atoms with Crippen LogP contribution in [0.5, 0.6) is 0 Å². The van der Waals surface area contributed by atoms with Gasteiger partial charge in [0.05, 0.1) is 30.6 Å². The molecule has 0 aliphatic heterocycles. The maximum Gasteiger partial charge on any atom is 0.158 e. The molecule has 1 unspecified atom stereocenters. The average molecular weight is 426 g/mol. The predicted octanol–water partition coefficient (Wildman–Crippen LogP) is 5.14. The summed E-state index contributed by atoms with van der Waals surface area (Å²) in [6, 6.07) is 10.2. The number of azo groups is 1. The van der Waals surface area contributed by atoms with E-state index in [4.69, 9.17) is 15.1 Å². The fourth-order valence-corrected chi connectivity index (χ4v) is 3.88. The molecule has 1 atom stereocenters. The Morgan fingerprint density at radius 1 is 1.23 bits per heavy atom. The number of aryl methyl sites for hydroxylation is 1. The summed E-state index contributed by atoms with van der Waals surface area (Å²) in [5, 5.41) is 36.4. The number of benzene rings is 1. The number of anilines is 1.